The van der Waals surface area contributed by atoms with Gasteiger partial charge in [-0.25, -0.2) is 0 Å². The van der Waals surface area contributed by atoms with E-state index < -0.39 is 0 Å². The molecule has 0 heterocycles. The van der Waals surface area contributed by atoms with Gasteiger partial charge in [-0.15, -0.1) is 0 Å². The first-order valence-electron chi connectivity index (χ1n) is 4.48. The molecule has 0 aliphatic rings. The van der Waals surface area contributed by atoms with Gasteiger partial charge >= 0.3 is 0 Å². The van der Waals surface area contributed by atoms with E-state index in [4.69, 9.17) is 0 Å². The van der Waals surface area contributed by atoms with Crippen LogP contribution in [0.15, 0.2) is 54.6 Å². The van der Waals surface area contributed by atoms with Crippen molar-refractivity contribution in [1.82, 2.24) is 0 Å². The molecule has 0 atom stereocenters. The summed E-state index contributed by atoms with van der Waals surface area (Å²) in [7, 11) is 0. The lowest BCUT2D eigenvalue weighted by Crippen LogP contribution is -1.76. The maximum absolute atomic E-state index is 2.16. The molecule has 0 N–H and O–H groups in total. The Morgan fingerprint density at radius 2 is 1.14 bits per heavy atom. The Bertz CT molecular complexity index is 371. The molecule has 0 bridgehead atoms. The molecule has 0 saturated carbocycles. The number of aryl methyl sites for hydroxylation is 1. The van der Waals surface area contributed by atoms with E-state index in [1.54, 1.807) is 0 Å². The van der Waals surface area contributed by atoms with Crippen molar-refractivity contribution in [2.24, 2.45) is 0 Å². The molecule has 0 saturated heterocycles. The van der Waals surface area contributed by atoms with E-state index in [1.807, 2.05) is 6.07 Å². The molecule has 0 nitrogen and oxygen atoms in total. The van der Waals surface area contributed by atoms with Crippen LogP contribution in [-0.4, -0.2) is 0 Å². The van der Waals surface area contributed by atoms with Gasteiger partial charge in [0, 0.05) is 0 Å². The fraction of sp³-hybridized carbons (Fsp3) is 0.143. The smallest absolute Gasteiger partial charge is 0.0184 e. The summed E-state index contributed by atoms with van der Waals surface area (Å²) in [6, 6.07) is 19.0. The summed E-state index contributed by atoms with van der Waals surface area (Å²) >= 11 is 0. The number of hydrogen-bond donors (Lipinski definition) is 0. The highest BCUT2D eigenvalue weighted by Crippen LogP contribution is 2.18. The predicted octanol–water partition coefficient (Wildman–Crippen LogP) is 4.30. The molecule has 72 valence electrons. The van der Waals surface area contributed by atoms with Gasteiger partial charge in [0.25, 0.3) is 0 Å². The Labute approximate surface area is 86.2 Å². The Hall–Kier alpha value is -1.56. The van der Waals surface area contributed by atoms with Gasteiger partial charge in [0.2, 0.25) is 0 Å². The van der Waals surface area contributed by atoms with Gasteiger partial charge in [-0.05, 0) is 18.1 Å². The third-order valence-electron chi connectivity index (χ3n) is 2.16. The van der Waals surface area contributed by atoms with E-state index in [1.165, 1.54) is 16.7 Å². The third-order valence-corrected chi connectivity index (χ3v) is 2.16. The van der Waals surface area contributed by atoms with Gasteiger partial charge < -0.3 is 0 Å². The van der Waals surface area contributed by atoms with E-state index in [2.05, 4.69) is 55.5 Å². The van der Waals surface area contributed by atoms with Crippen LogP contribution in [0.25, 0.3) is 11.1 Å². The first-order chi connectivity index (χ1) is 6.36. The van der Waals surface area contributed by atoms with Crippen molar-refractivity contribution in [2.75, 3.05) is 0 Å². The molecule has 2 rings (SSSR count). The molecule has 14 heavy (non-hydrogen) atoms. The highest BCUT2D eigenvalue weighted by atomic mass is 14.0. The van der Waals surface area contributed by atoms with Crippen LogP contribution >= 0.6 is 0 Å². The lowest BCUT2D eigenvalue weighted by molar-refractivity contribution is 1.47. The van der Waals surface area contributed by atoms with E-state index >= 15 is 0 Å². The average Bonchev–Trinajstić information content (AvgIpc) is 2.20. The SMILES string of the molecule is C.Cc1ccc(-c2ccccc2)cc1. The molecule has 2 aromatic rings. The topological polar surface area (TPSA) is 0 Å². The van der Waals surface area contributed by atoms with Crippen LogP contribution in [0.1, 0.15) is 13.0 Å². The van der Waals surface area contributed by atoms with E-state index in [-0.39, 0.29) is 7.43 Å². The summed E-state index contributed by atoms with van der Waals surface area (Å²) in [5, 5.41) is 0. The monoisotopic (exact) mass is 184 g/mol. The first kappa shape index (κ1) is 10.5. The van der Waals surface area contributed by atoms with Crippen LogP contribution in [0.3, 0.4) is 0 Å². The number of hydrogen-bond acceptors (Lipinski definition) is 0. The van der Waals surface area contributed by atoms with E-state index in [9.17, 15) is 0 Å². The molecular weight excluding hydrogens is 168 g/mol. The minimum absolute atomic E-state index is 0. The molecule has 0 radical (unpaired) electrons. The second-order valence-corrected chi connectivity index (χ2v) is 3.23. The zero-order chi connectivity index (χ0) is 9.10. The Morgan fingerprint density at radius 3 is 1.71 bits per heavy atom. The molecular formula is C14H16. The van der Waals surface area contributed by atoms with Crippen molar-refractivity contribution >= 4 is 0 Å². The predicted molar refractivity (Wildman–Crippen MR) is 63.3 cm³/mol. The summed E-state index contributed by atoms with van der Waals surface area (Å²) in [4.78, 5) is 0. The second kappa shape index (κ2) is 4.61. The van der Waals surface area contributed by atoms with E-state index in [0.717, 1.165) is 0 Å². The molecule has 0 amide bonds. The highest BCUT2D eigenvalue weighted by molar-refractivity contribution is 5.63. The van der Waals surface area contributed by atoms with Gasteiger partial charge in [-0.1, -0.05) is 67.6 Å². The van der Waals surface area contributed by atoms with Gasteiger partial charge in [-0.3, -0.25) is 0 Å². The number of rotatable bonds is 1. The summed E-state index contributed by atoms with van der Waals surface area (Å²) < 4.78 is 0. The minimum Gasteiger partial charge on any atom is -0.0776 e. The number of benzene rings is 2. The van der Waals surface area contributed by atoms with Crippen LogP contribution in [0.4, 0.5) is 0 Å². The molecule has 0 unspecified atom stereocenters. The van der Waals surface area contributed by atoms with Gasteiger partial charge in [0.15, 0.2) is 0 Å². The fourth-order valence-corrected chi connectivity index (χ4v) is 1.38. The van der Waals surface area contributed by atoms with Crippen LogP contribution in [0.5, 0.6) is 0 Å². The van der Waals surface area contributed by atoms with Crippen molar-refractivity contribution in [3.63, 3.8) is 0 Å². The molecule has 0 spiro atoms. The van der Waals surface area contributed by atoms with Crippen molar-refractivity contribution in [2.45, 2.75) is 14.4 Å². The second-order valence-electron chi connectivity index (χ2n) is 3.23. The Balaban J connectivity index is 0.000000980. The van der Waals surface area contributed by atoms with Gasteiger partial charge in [0.05, 0.1) is 0 Å². The maximum Gasteiger partial charge on any atom is -0.0184 e. The summed E-state index contributed by atoms with van der Waals surface area (Å²) in [5.41, 5.74) is 3.87. The lowest BCUT2D eigenvalue weighted by Gasteiger charge is -2.00. The van der Waals surface area contributed by atoms with Crippen LogP contribution in [0, 0.1) is 6.92 Å². The van der Waals surface area contributed by atoms with Gasteiger partial charge in [0.1, 0.15) is 0 Å². The van der Waals surface area contributed by atoms with Crippen molar-refractivity contribution in [3.8, 4) is 11.1 Å². The minimum atomic E-state index is 0. The zero-order valence-electron chi connectivity index (χ0n) is 7.70. The van der Waals surface area contributed by atoms with Crippen LogP contribution in [0.2, 0.25) is 0 Å². The normalized spacial score (nSPS) is 9.21. The molecule has 0 aliphatic heterocycles. The maximum atomic E-state index is 2.16. The summed E-state index contributed by atoms with van der Waals surface area (Å²) in [6.07, 6.45) is 0. The van der Waals surface area contributed by atoms with Crippen LogP contribution in [-0.2, 0) is 0 Å². The largest absolute Gasteiger partial charge is 0.0776 e. The lowest BCUT2D eigenvalue weighted by atomic mass is 10.0. The van der Waals surface area contributed by atoms with Crippen LogP contribution < -0.4 is 0 Å². The molecule has 0 fully saturated rings. The van der Waals surface area contributed by atoms with Gasteiger partial charge in [-0.2, -0.15) is 0 Å². The van der Waals surface area contributed by atoms with Crippen molar-refractivity contribution < 1.29 is 0 Å². The Kier molecular flexibility index (Phi) is 3.47. The molecule has 0 aromatic heterocycles. The quantitative estimate of drug-likeness (QED) is 0.620. The fourth-order valence-electron chi connectivity index (χ4n) is 1.38. The standard InChI is InChI=1S/C13H12.CH4/c1-11-7-9-13(10-8-11)12-5-3-2-4-6-12;/h2-10H,1H3;1H4. The zero-order valence-corrected chi connectivity index (χ0v) is 7.70. The average molecular weight is 184 g/mol. The highest BCUT2D eigenvalue weighted by Gasteiger charge is 1.93. The Morgan fingerprint density at radius 1 is 0.643 bits per heavy atom. The molecule has 2 aromatic carbocycles. The first-order valence-corrected chi connectivity index (χ1v) is 4.48. The summed E-state index contributed by atoms with van der Waals surface area (Å²) in [5.74, 6) is 0. The third kappa shape index (κ3) is 2.23. The van der Waals surface area contributed by atoms with E-state index in [0.29, 0.717) is 0 Å². The summed E-state index contributed by atoms with van der Waals surface area (Å²) in [6.45, 7) is 2.11. The van der Waals surface area contributed by atoms with Crippen molar-refractivity contribution in [3.05, 3.63) is 60.2 Å². The van der Waals surface area contributed by atoms with Crippen molar-refractivity contribution in [1.29, 1.82) is 0 Å². The molecule has 0 heteroatoms. The molecule has 0 aliphatic carbocycles.